The molecule has 0 amide bonds. The lowest BCUT2D eigenvalue weighted by Gasteiger charge is -2.04. The minimum atomic E-state index is 0.0918. The molecule has 0 spiro atoms. The molecule has 103 valence electrons. The van der Waals surface area contributed by atoms with E-state index in [2.05, 4.69) is 6.92 Å². The van der Waals surface area contributed by atoms with Gasteiger partial charge in [-0.1, -0.05) is 58.3 Å². The second kappa shape index (κ2) is 15.9. The van der Waals surface area contributed by atoms with E-state index in [1.54, 1.807) is 0 Å². The highest BCUT2D eigenvalue weighted by Crippen LogP contribution is 2.06. The summed E-state index contributed by atoms with van der Waals surface area (Å²) in [6.45, 7) is 4.19. The van der Waals surface area contributed by atoms with E-state index in [9.17, 15) is 5.11 Å². The Balaban J connectivity index is 2.85. The second-order valence-corrected chi connectivity index (χ2v) is 4.85. The van der Waals surface area contributed by atoms with Gasteiger partial charge in [-0.2, -0.15) is 0 Å². The Morgan fingerprint density at radius 3 is 1.65 bits per heavy atom. The quantitative estimate of drug-likeness (QED) is 0.405. The third-order valence-corrected chi connectivity index (χ3v) is 3.08. The summed E-state index contributed by atoms with van der Waals surface area (Å²) in [5.41, 5.74) is 0. The van der Waals surface area contributed by atoms with Gasteiger partial charge in [-0.3, -0.25) is 0 Å². The highest BCUT2D eigenvalue weighted by atomic mass is 16.5. The van der Waals surface area contributed by atoms with E-state index in [4.69, 9.17) is 4.74 Å². The summed E-state index contributed by atoms with van der Waals surface area (Å²) in [7, 11) is 0. The third kappa shape index (κ3) is 15.9. The maximum Gasteiger partial charge on any atom is 0.0822 e. The first-order valence-corrected chi connectivity index (χ1v) is 7.57. The lowest BCUT2D eigenvalue weighted by Crippen LogP contribution is -1.97. The van der Waals surface area contributed by atoms with Crippen molar-refractivity contribution in [2.24, 2.45) is 0 Å². The molecule has 0 heterocycles. The van der Waals surface area contributed by atoms with Crippen molar-refractivity contribution >= 4 is 0 Å². The smallest absolute Gasteiger partial charge is 0.0822 e. The molecule has 0 aliphatic rings. The molecule has 1 radical (unpaired) electrons. The van der Waals surface area contributed by atoms with E-state index >= 15 is 0 Å². The van der Waals surface area contributed by atoms with Crippen LogP contribution in [-0.2, 0) is 9.84 Å². The van der Waals surface area contributed by atoms with Crippen LogP contribution in [0.1, 0.15) is 77.6 Å². The van der Waals surface area contributed by atoms with Gasteiger partial charge in [0.05, 0.1) is 6.61 Å². The lowest BCUT2D eigenvalue weighted by molar-refractivity contribution is 0.125. The van der Waals surface area contributed by atoms with Gasteiger partial charge >= 0.3 is 0 Å². The molecule has 0 saturated carbocycles. The van der Waals surface area contributed by atoms with Crippen LogP contribution in [0.3, 0.4) is 0 Å². The van der Waals surface area contributed by atoms with Gasteiger partial charge in [-0.05, 0) is 19.3 Å². The number of ether oxygens (including phenoxy) is 1. The SMILES string of the molecule is CCCCCCCCOCCCCCCC[O]. The van der Waals surface area contributed by atoms with Crippen LogP contribution < -0.4 is 0 Å². The minimum absolute atomic E-state index is 0.0918. The molecule has 0 bridgehead atoms. The fourth-order valence-corrected chi connectivity index (χ4v) is 1.92. The van der Waals surface area contributed by atoms with Gasteiger partial charge in [0, 0.05) is 13.2 Å². The van der Waals surface area contributed by atoms with Crippen LogP contribution in [-0.4, -0.2) is 19.8 Å². The monoisotopic (exact) mass is 243 g/mol. The second-order valence-electron chi connectivity index (χ2n) is 4.85. The molecule has 0 rings (SSSR count). The Hall–Kier alpha value is -0.0800. The van der Waals surface area contributed by atoms with Gasteiger partial charge in [0.1, 0.15) is 0 Å². The average Bonchev–Trinajstić information content (AvgIpc) is 2.35. The highest BCUT2D eigenvalue weighted by molar-refractivity contribution is 4.45. The molecule has 2 heteroatoms. The topological polar surface area (TPSA) is 29.1 Å². The largest absolute Gasteiger partial charge is 0.381 e. The summed E-state index contributed by atoms with van der Waals surface area (Å²) in [6, 6.07) is 0. The normalized spacial score (nSPS) is 10.9. The van der Waals surface area contributed by atoms with E-state index in [1.807, 2.05) is 0 Å². The molecule has 2 nitrogen and oxygen atoms in total. The van der Waals surface area contributed by atoms with Crippen molar-refractivity contribution in [2.75, 3.05) is 19.8 Å². The van der Waals surface area contributed by atoms with Gasteiger partial charge in [-0.25, -0.2) is 5.11 Å². The number of rotatable bonds is 14. The van der Waals surface area contributed by atoms with Gasteiger partial charge in [-0.15, -0.1) is 0 Å². The molecule has 0 N–H and O–H groups in total. The van der Waals surface area contributed by atoms with Gasteiger partial charge in [0.15, 0.2) is 0 Å². The summed E-state index contributed by atoms with van der Waals surface area (Å²) in [5, 5.41) is 10.2. The summed E-state index contributed by atoms with van der Waals surface area (Å²) in [4.78, 5) is 0. The Bertz CT molecular complexity index is 112. The van der Waals surface area contributed by atoms with Crippen LogP contribution in [0.15, 0.2) is 0 Å². The molecule has 0 unspecified atom stereocenters. The van der Waals surface area contributed by atoms with E-state index in [1.165, 1.54) is 51.4 Å². The minimum Gasteiger partial charge on any atom is -0.381 e. The predicted molar refractivity (Wildman–Crippen MR) is 72.8 cm³/mol. The van der Waals surface area contributed by atoms with E-state index < -0.39 is 0 Å². The van der Waals surface area contributed by atoms with Crippen LogP contribution in [0.5, 0.6) is 0 Å². The Labute approximate surface area is 108 Å². The van der Waals surface area contributed by atoms with Crippen molar-refractivity contribution in [2.45, 2.75) is 77.6 Å². The first-order valence-electron chi connectivity index (χ1n) is 7.57. The Morgan fingerprint density at radius 1 is 0.647 bits per heavy atom. The Kier molecular flexibility index (Phi) is 15.8. The fourth-order valence-electron chi connectivity index (χ4n) is 1.92. The zero-order chi connectivity index (χ0) is 12.6. The summed E-state index contributed by atoms with van der Waals surface area (Å²) in [6.07, 6.45) is 13.5. The highest BCUT2D eigenvalue weighted by Gasteiger charge is 1.93. The number of hydrogen-bond donors (Lipinski definition) is 0. The van der Waals surface area contributed by atoms with E-state index in [0.29, 0.717) is 0 Å². The lowest BCUT2D eigenvalue weighted by atomic mass is 10.1. The number of hydrogen-bond acceptors (Lipinski definition) is 1. The van der Waals surface area contributed by atoms with Gasteiger partial charge in [0.2, 0.25) is 0 Å². The van der Waals surface area contributed by atoms with E-state index in [-0.39, 0.29) is 6.61 Å². The van der Waals surface area contributed by atoms with Gasteiger partial charge < -0.3 is 4.74 Å². The zero-order valence-corrected chi connectivity index (χ0v) is 11.7. The van der Waals surface area contributed by atoms with Gasteiger partial charge in [0.25, 0.3) is 0 Å². The standard InChI is InChI=1S/C15H31O2/c1-2-3-4-5-8-11-14-17-15-12-9-6-7-10-13-16/h2-15H2,1H3. The van der Waals surface area contributed by atoms with Crippen molar-refractivity contribution in [1.29, 1.82) is 0 Å². The molecule has 0 saturated heterocycles. The van der Waals surface area contributed by atoms with Crippen LogP contribution in [0.25, 0.3) is 0 Å². The first-order chi connectivity index (χ1) is 8.41. The Morgan fingerprint density at radius 2 is 1.12 bits per heavy atom. The summed E-state index contributed by atoms with van der Waals surface area (Å²) >= 11 is 0. The molecule has 0 aliphatic carbocycles. The molecule has 17 heavy (non-hydrogen) atoms. The molecule has 0 aromatic heterocycles. The van der Waals surface area contributed by atoms with Crippen LogP contribution in [0.2, 0.25) is 0 Å². The van der Waals surface area contributed by atoms with Crippen molar-refractivity contribution in [1.82, 2.24) is 0 Å². The first kappa shape index (κ1) is 16.9. The molecular weight excluding hydrogens is 212 g/mol. The maximum absolute atomic E-state index is 10.2. The van der Waals surface area contributed by atoms with Crippen LogP contribution >= 0.6 is 0 Å². The average molecular weight is 243 g/mol. The fraction of sp³-hybridized carbons (Fsp3) is 1.00. The molecule has 0 atom stereocenters. The maximum atomic E-state index is 10.2. The third-order valence-electron chi connectivity index (χ3n) is 3.08. The molecule has 0 fully saturated rings. The summed E-state index contributed by atoms with van der Waals surface area (Å²) < 4.78 is 5.58. The zero-order valence-electron chi connectivity index (χ0n) is 11.7. The molecule has 0 aromatic carbocycles. The summed E-state index contributed by atoms with van der Waals surface area (Å²) in [5.74, 6) is 0. The van der Waals surface area contributed by atoms with Crippen molar-refractivity contribution in [3.8, 4) is 0 Å². The van der Waals surface area contributed by atoms with E-state index in [0.717, 1.165) is 32.5 Å². The molecule has 0 aliphatic heterocycles. The van der Waals surface area contributed by atoms with Crippen molar-refractivity contribution in [3.63, 3.8) is 0 Å². The molecular formula is C15H31O2. The van der Waals surface area contributed by atoms with Crippen LogP contribution in [0.4, 0.5) is 0 Å². The van der Waals surface area contributed by atoms with Crippen molar-refractivity contribution in [3.05, 3.63) is 0 Å². The van der Waals surface area contributed by atoms with Crippen molar-refractivity contribution < 1.29 is 9.84 Å². The number of unbranched alkanes of at least 4 members (excludes halogenated alkanes) is 9. The van der Waals surface area contributed by atoms with Crippen LogP contribution in [0, 0.1) is 0 Å². The predicted octanol–water partition coefficient (Wildman–Crippen LogP) is 4.74. The molecule has 0 aromatic rings.